The first-order valence-corrected chi connectivity index (χ1v) is 8.38. The Morgan fingerprint density at radius 1 is 1.17 bits per heavy atom. The maximum atomic E-state index is 12.4. The molecule has 1 fully saturated rings. The third kappa shape index (κ3) is 4.21. The van der Waals surface area contributed by atoms with E-state index in [1.165, 1.54) is 0 Å². The second-order valence-corrected chi connectivity index (χ2v) is 8.83. The van der Waals surface area contributed by atoms with Crippen LogP contribution in [0.1, 0.15) is 47.5 Å². The first-order chi connectivity index (χ1) is 8.15. The average molecular weight is 276 g/mol. The third-order valence-electron chi connectivity index (χ3n) is 3.76. The van der Waals surface area contributed by atoms with Gasteiger partial charge in [0, 0.05) is 25.7 Å². The van der Waals surface area contributed by atoms with Crippen LogP contribution in [0, 0.1) is 5.41 Å². The number of sulfonamides is 1. The number of hydrogen-bond acceptors (Lipinski definition) is 3. The second kappa shape index (κ2) is 5.88. The molecule has 0 aromatic rings. The minimum atomic E-state index is -3.14. The van der Waals surface area contributed by atoms with Crippen LogP contribution in [0.15, 0.2) is 0 Å². The van der Waals surface area contributed by atoms with Gasteiger partial charge in [0.1, 0.15) is 0 Å². The Balaban J connectivity index is 2.59. The van der Waals surface area contributed by atoms with Gasteiger partial charge in [0.25, 0.3) is 0 Å². The summed E-state index contributed by atoms with van der Waals surface area (Å²) in [6, 6.07) is 0.322. The van der Waals surface area contributed by atoms with Gasteiger partial charge in [0.05, 0.1) is 5.25 Å². The van der Waals surface area contributed by atoms with Gasteiger partial charge in [0.2, 0.25) is 10.0 Å². The number of piperidine rings is 1. The van der Waals surface area contributed by atoms with E-state index in [0.717, 1.165) is 12.8 Å². The topological polar surface area (TPSA) is 49.4 Å². The number of nitrogens with one attached hydrogen (secondary N) is 1. The van der Waals surface area contributed by atoms with Gasteiger partial charge in [-0.25, -0.2) is 12.7 Å². The third-order valence-corrected chi connectivity index (χ3v) is 6.03. The molecule has 4 nitrogen and oxygen atoms in total. The van der Waals surface area contributed by atoms with Crippen LogP contribution in [-0.4, -0.2) is 43.6 Å². The lowest BCUT2D eigenvalue weighted by Crippen LogP contribution is -2.47. The molecule has 1 heterocycles. The molecule has 0 saturated carbocycles. The first kappa shape index (κ1) is 15.9. The normalized spacial score (nSPS) is 23.2. The van der Waals surface area contributed by atoms with E-state index in [1.54, 1.807) is 11.2 Å². The van der Waals surface area contributed by atoms with Crippen molar-refractivity contribution in [3.8, 4) is 0 Å². The number of rotatable bonds is 5. The van der Waals surface area contributed by atoms with Crippen molar-refractivity contribution < 1.29 is 8.42 Å². The lowest BCUT2D eigenvalue weighted by atomic mass is 9.83. The van der Waals surface area contributed by atoms with Crippen LogP contribution in [0.5, 0.6) is 0 Å². The Morgan fingerprint density at radius 3 is 2.11 bits per heavy atom. The van der Waals surface area contributed by atoms with Gasteiger partial charge >= 0.3 is 0 Å². The predicted octanol–water partition coefficient (Wildman–Crippen LogP) is 1.82. The quantitative estimate of drug-likeness (QED) is 0.833. The molecule has 0 aliphatic carbocycles. The van der Waals surface area contributed by atoms with Crippen molar-refractivity contribution in [2.45, 2.75) is 58.8 Å². The molecular formula is C13H28N2O2S. The molecule has 18 heavy (non-hydrogen) atoms. The molecular weight excluding hydrogens is 248 g/mol. The summed E-state index contributed by atoms with van der Waals surface area (Å²) >= 11 is 0. The minimum absolute atomic E-state index is 0.283. The van der Waals surface area contributed by atoms with Crippen LogP contribution < -0.4 is 5.32 Å². The summed E-state index contributed by atoms with van der Waals surface area (Å²) < 4.78 is 26.5. The highest BCUT2D eigenvalue weighted by Crippen LogP contribution is 2.31. The molecule has 1 aliphatic rings. The summed E-state index contributed by atoms with van der Waals surface area (Å²) in [5, 5.41) is 2.85. The summed E-state index contributed by atoms with van der Waals surface area (Å²) in [6.07, 6.45) is 1.91. The molecule has 1 N–H and O–H groups in total. The Bertz CT molecular complexity index is 353. The number of nitrogens with zero attached hydrogens (tertiary/aromatic N) is 1. The van der Waals surface area contributed by atoms with Crippen LogP contribution in [0.3, 0.4) is 0 Å². The van der Waals surface area contributed by atoms with E-state index < -0.39 is 10.0 Å². The molecule has 1 rings (SSSR count). The van der Waals surface area contributed by atoms with Gasteiger partial charge in [-0.15, -0.1) is 0 Å². The Morgan fingerprint density at radius 2 is 1.67 bits per heavy atom. The summed E-state index contributed by atoms with van der Waals surface area (Å²) in [5.74, 6) is 0. The summed E-state index contributed by atoms with van der Waals surface area (Å²) in [5.41, 5.74) is 0.283. The lowest BCUT2D eigenvalue weighted by molar-refractivity contribution is 0.195. The van der Waals surface area contributed by atoms with Crippen molar-refractivity contribution in [1.29, 1.82) is 0 Å². The standard InChI is InChI=1S/C13H28N2O2S/c1-11(2)14-10-12(3)18(16,17)15-8-6-13(4,5)7-9-15/h11-12,14H,6-10H2,1-5H3. The van der Waals surface area contributed by atoms with E-state index >= 15 is 0 Å². The van der Waals surface area contributed by atoms with Crippen molar-refractivity contribution in [3.63, 3.8) is 0 Å². The molecule has 1 unspecified atom stereocenters. The van der Waals surface area contributed by atoms with E-state index in [1.807, 2.05) is 13.8 Å². The van der Waals surface area contributed by atoms with Gasteiger partial charge in [-0.05, 0) is 25.2 Å². The summed E-state index contributed by atoms with van der Waals surface area (Å²) in [4.78, 5) is 0. The molecule has 1 saturated heterocycles. The smallest absolute Gasteiger partial charge is 0.217 e. The molecule has 5 heteroatoms. The Kier molecular flexibility index (Phi) is 5.21. The van der Waals surface area contributed by atoms with Crippen LogP contribution >= 0.6 is 0 Å². The molecule has 108 valence electrons. The first-order valence-electron chi connectivity index (χ1n) is 6.87. The largest absolute Gasteiger partial charge is 0.313 e. The van der Waals surface area contributed by atoms with E-state index in [4.69, 9.17) is 0 Å². The zero-order valence-electron chi connectivity index (χ0n) is 12.4. The second-order valence-electron chi connectivity index (χ2n) is 6.48. The fourth-order valence-corrected chi connectivity index (χ4v) is 3.61. The molecule has 0 spiro atoms. The SMILES string of the molecule is CC(C)NCC(C)S(=O)(=O)N1CCC(C)(C)CC1. The highest BCUT2D eigenvalue weighted by atomic mass is 32.2. The monoisotopic (exact) mass is 276 g/mol. The van der Waals surface area contributed by atoms with Crippen LogP contribution in [-0.2, 0) is 10.0 Å². The van der Waals surface area contributed by atoms with E-state index in [9.17, 15) is 8.42 Å². The zero-order chi connectivity index (χ0) is 14.0. The summed E-state index contributed by atoms with van der Waals surface area (Å²) in [6.45, 7) is 12.1. The highest BCUT2D eigenvalue weighted by molar-refractivity contribution is 7.89. The zero-order valence-corrected chi connectivity index (χ0v) is 13.2. The van der Waals surface area contributed by atoms with Crippen molar-refractivity contribution >= 4 is 10.0 Å². The fourth-order valence-electron chi connectivity index (χ4n) is 2.11. The predicted molar refractivity (Wildman–Crippen MR) is 76.1 cm³/mol. The van der Waals surface area contributed by atoms with Crippen LogP contribution in [0.2, 0.25) is 0 Å². The summed E-state index contributed by atoms with van der Waals surface area (Å²) in [7, 11) is -3.14. The maximum absolute atomic E-state index is 12.4. The van der Waals surface area contributed by atoms with Gasteiger partial charge < -0.3 is 5.32 Å². The van der Waals surface area contributed by atoms with Crippen molar-refractivity contribution in [2.75, 3.05) is 19.6 Å². The minimum Gasteiger partial charge on any atom is -0.313 e. The van der Waals surface area contributed by atoms with E-state index in [0.29, 0.717) is 25.7 Å². The van der Waals surface area contributed by atoms with Crippen molar-refractivity contribution in [1.82, 2.24) is 9.62 Å². The molecule has 0 aromatic heterocycles. The van der Waals surface area contributed by atoms with Crippen LogP contribution in [0.4, 0.5) is 0 Å². The van der Waals surface area contributed by atoms with E-state index in [2.05, 4.69) is 19.2 Å². The molecule has 0 bridgehead atoms. The molecule has 0 amide bonds. The molecule has 0 aromatic carbocycles. The van der Waals surface area contributed by atoms with Crippen LogP contribution in [0.25, 0.3) is 0 Å². The lowest BCUT2D eigenvalue weighted by Gasteiger charge is -2.37. The van der Waals surface area contributed by atoms with Crippen molar-refractivity contribution in [3.05, 3.63) is 0 Å². The molecule has 0 radical (unpaired) electrons. The Hall–Kier alpha value is -0.130. The van der Waals surface area contributed by atoms with E-state index in [-0.39, 0.29) is 10.7 Å². The molecule has 1 aliphatic heterocycles. The highest BCUT2D eigenvalue weighted by Gasteiger charge is 2.34. The van der Waals surface area contributed by atoms with Gasteiger partial charge in [-0.1, -0.05) is 27.7 Å². The Labute approximate surface area is 112 Å². The van der Waals surface area contributed by atoms with Gasteiger partial charge in [-0.2, -0.15) is 0 Å². The van der Waals surface area contributed by atoms with Gasteiger partial charge in [0.15, 0.2) is 0 Å². The fraction of sp³-hybridized carbons (Fsp3) is 1.00. The van der Waals surface area contributed by atoms with Gasteiger partial charge in [-0.3, -0.25) is 0 Å². The average Bonchev–Trinajstić information content (AvgIpc) is 2.25. The maximum Gasteiger partial charge on any atom is 0.217 e. The molecule has 1 atom stereocenters. The number of hydrogen-bond donors (Lipinski definition) is 1. The van der Waals surface area contributed by atoms with Crippen molar-refractivity contribution in [2.24, 2.45) is 5.41 Å².